The van der Waals surface area contributed by atoms with Crippen LogP contribution in [0.1, 0.15) is 22.8 Å². The van der Waals surface area contributed by atoms with Gasteiger partial charge in [-0.2, -0.15) is 0 Å². The van der Waals surface area contributed by atoms with Crippen molar-refractivity contribution < 1.29 is 14.5 Å². The van der Waals surface area contributed by atoms with Gasteiger partial charge in [0, 0.05) is 5.02 Å². The van der Waals surface area contributed by atoms with Crippen molar-refractivity contribution in [1.29, 1.82) is 0 Å². The van der Waals surface area contributed by atoms with Crippen molar-refractivity contribution in [2.75, 3.05) is 0 Å². The van der Waals surface area contributed by atoms with E-state index in [0.717, 1.165) is 5.56 Å². The molecule has 0 heterocycles. The molecule has 0 radical (unpaired) electrons. The number of nitrogens with zero attached hydrogens (tertiary/aromatic N) is 1. The van der Waals surface area contributed by atoms with E-state index in [1.165, 1.54) is 25.1 Å². The molecule has 0 aliphatic heterocycles. The first-order chi connectivity index (χ1) is 9.97. The molecular weight excluding hydrogens is 294 g/mol. The Balaban J connectivity index is 2.19. The first kappa shape index (κ1) is 15.0. The number of ether oxygens (including phenoxy) is 1. The number of nitro groups is 1. The van der Waals surface area contributed by atoms with Crippen molar-refractivity contribution in [2.24, 2.45) is 0 Å². The van der Waals surface area contributed by atoms with Gasteiger partial charge in [-0.15, -0.1) is 0 Å². The van der Waals surface area contributed by atoms with Gasteiger partial charge in [0.25, 0.3) is 5.69 Å². The average Bonchev–Trinajstić information content (AvgIpc) is 2.44. The smallest absolute Gasteiger partial charge is 0.283 e. The van der Waals surface area contributed by atoms with E-state index in [1.807, 2.05) is 6.07 Å². The summed E-state index contributed by atoms with van der Waals surface area (Å²) < 4.78 is 5.50. The Kier molecular flexibility index (Phi) is 4.55. The van der Waals surface area contributed by atoms with Gasteiger partial charge in [0.1, 0.15) is 12.4 Å². The van der Waals surface area contributed by atoms with Gasteiger partial charge in [0.2, 0.25) is 0 Å². The standard InChI is InChI=1S/C15H12ClNO4/c1-10(18)14-6-5-13(8-15(14)17(19)20)21-9-11-3-2-4-12(16)7-11/h2-8H,9H2,1H3. The second kappa shape index (κ2) is 6.37. The van der Waals surface area contributed by atoms with E-state index >= 15 is 0 Å². The summed E-state index contributed by atoms with van der Waals surface area (Å²) in [5.74, 6) is -0.0326. The summed E-state index contributed by atoms with van der Waals surface area (Å²) in [6.45, 7) is 1.52. The van der Waals surface area contributed by atoms with Gasteiger partial charge >= 0.3 is 0 Å². The highest BCUT2D eigenvalue weighted by Crippen LogP contribution is 2.26. The zero-order chi connectivity index (χ0) is 15.4. The highest BCUT2D eigenvalue weighted by atomic mass is 35.5. The van der Waals surface area contributed by atoms with Crippen LogP contribution in [0.5, 0.6) is 5.75 Å². The summed E-state index contributed by atoms with van der Waals surface area (Å²) in [6.07, 6.45) is 0. The van der Waals surface area contributed by atoms with E-state index in [4.69, 9.17) is 16.3 Å². The molecule has 0 N–H and O–H groups in total. The fourth-order valence-electron chi connectivity index (χ4n) is 1.84. The van der Waals surface area contributed by atoms with Crippen molar-refractivity contribution in [1.82, 2.24) is 0 Å². The molecule has 0 aromatic heterocycles. The number of halogens is 1. The second-order valence-corrected chi connectivity index (χ2v) is 4.85. The van der Waals surface area contributed by atoms with Crippen LogP contribution in [0.25, 0.3) is 0 Å². The number of benzene rings is 2. The highest BCUT2D eigenvalue weighted by Gasteiger charge is 2.18. The number of ketones is 1. The maximum absolute atomic E-state index is 11.3. The summed E-state index contributed by atoms with van der Waals surface area (Å²) in [6, 6.07) is 11.3. The molecule has 6 heteroatoms. The van der Waals surface area contributed by atoms with Crippen molar-refractivity contribution in [3.05, 3.63) is 68.7 Å². The number of Topliss-reactive ketones (excluding diaryl/α,β-unsaturated/α-hetero) is 1. The number of carbonyl (C=O) groups is 1. The third kappa shape index (κ3) is 3.79. The van der Waals surface area contributed by atoms with Crippen LogP contribution in [0.3, 0.4) is 0 Å². The second-order valence-electron chi connectivity index (χ2n) is 4.41. The lowest BCUT2D eigenvalue weighted by Gasteiger charge is -2.07. The molecule has 2 aromatic carbocycles. The molecule has 0 fully saturated rings. The SMILES string of the molecule is CC(=O)c1ccc(OCc2cccc(Cl)c2)cc1[N+](=O)[O-]. The molecule has 2 aromatic rings. The van der Waals surface area contributed by atoms with Crippen LogP contribution in [-0.4, -0.2) is 10.7 Å². The molecule has 0 aliphatic rings. The number of hydrogen-bond donors (Lipinski definition) is 0. The fourth-order valence-corrected chi connectivity index (χ4v) is 2.06. The van der Waals surface area contributed by atoms with E-state index in [9.17, 15) is 14.9 Å². The summed E-state index contributed by atoms with van der Waals surface area (Å²) in [5, 5.41) is 11.6. The lowest BCUT2D eigenvalue weighted by atomic mass is 10.1. The van der Waals surface area contributed by atoms with Crippen LogP contribution in [0.15, 0.2) is 42.5 Å². The zero-order valence-electron chi connectivity index (χ0n) is 11.2. The van der Waals surface area contributed by atoms with Crippen molar-refractivity contribution in [3.63, 3.8) is 0 Å². The van der Waals surface area contributed by atoms with Crippen molar-refractivity contribution >= 4 is 23.1 Å². The van der Waals surface area contributed by atoms with Crippen LogP contribution in [0.4, 0.5) is 5.69 Å². The van der Waals surface area contributed by atoms with Crippen LogP contribution < -0.4 is 4.74 Å². The molecular formula is C15H12ClNO4. The molecule has 0 saturated heterocycles. The molecule has 2 rings (SSSR count). The van der Waals surface area contributed by atoms with Gasteiger partial charge in [-0.3, -0.25) is 14.9 Å². The minimum Gasteiger partial charge on any atom is -0.489 e. The lowest BCUT2D eigenvalue weighted by molar-refractivity contribution is -0.385. The number of rotatable bonds is 5. The average molecular weight is 306 g/mol. The molecule has 0 unspecified atom stereocenters. The summed E-state index contributed by atoms with van der Waals surface area (Å²) >= 11 is 5.87. The van der Waals surface area contributed by atoms with E-state index in [0.29, 0.717) is 10.8 Å². The predicted octanol–water partition coefficient (Wildman–Crippen LogP) is 4.03. The molecule has 21 heavy (non-hydrogen) atoms. The van der Waals surface area contributed by atoms with Crippen LogP contribution in [0.2, 0.25) is 5.02 Å². The highest BCUT2D eigenvalue weighted by molar-refractivity contribution is 6.30. The Labute approximate surface area is 126 Å². The fraction of sp³-hybridized carbons (Fsp3) is 0.133. The third-order valence-corrected chi connectivity index (χ3v) is 3.07. The van der Waals surface area contributed by atoms with Crippen molar-refractivity contribution in [2.45, 2.75) is 13.5 Å². The molecule has 0 bridgehead atoms. The van der Waals surface area contributed by atoms with E-state index < -0.39 is 4.92 Å². The number of nitro benzene ring substituents is 1. The van der Waals surface area contributed by atoms with Gasteiger partial charge in [-0.05, 0) is 36.8 Å². The minimum absolute atomic E-state index is 0.0649. The van der Waals surface area contributed by atoms with E-state index in [-0.39, 0.29) is 23.6 Å². The monoisotopic (exact) mass is 305 g/mol. The Morgan fingerprint density at radius 2 is 2.05 bits per heavy atom. The summed E-state index contributed by atoms with van der Waals surface area (Å²) in [4.78, 5) is 21.7. The van der Waals surface area contributed by atoms with E-state index in [1.54, 1.807) is 18.2 Å². The number of carbonyl (C=O) groups excluding carboxylic acids is 1. The first-order valence-corrected chi connectivity index (χ1v) is 6.52. The quantitative estimate of drug-likeness (QED) is 0.475. The lowest BCUT2D eigenvalue weighted by Crippen LogP contribution is -2.02. The van der Waals surface area contributed by atoms with Gasteiger partial charge in [0.05, 0.1) is 16.6 Å². The Morgan fingerprint density at radius 3 is 2.67 bits per heavy atom. The molecule has 108 valence electrons. The normalized spacial score (nSPS) is 10.2. The summed E-state index contributed by atoms with van der Waals surface area (Å²) in [5.41, 5.74) is 0.655. The largest absolute Gasteiger partial charge is 0.489 e. The summed E-state index contributed by atoms with van der Waals surface area (Å²) in [7, 11) is 0. The van der Waals surface area contributed by atoms with Crippen LogP contribution in [0, 0.1) is 10.1 Å². The van der Waals surface area contributed by atoms with Gasteiger partial charge < -0.3 is 4.74 Å². The molecule has 0 spiro atoms. The molecule has 0 aliphatic carbocycles. The van der Waals surface area contributed by atoms with Gasteiger partial charge in [0.15, 0.2) is 5.78 Å². The van der Waals surface area contributed by atoms with Gasteiger partial charge in [-0.1, -0.05) is 23.7 Å². The maximum Gasteiger partial charge on any atom is 0.283 e. The van der Waals surface area contributed by atoms with Gasteiger partial charge in [-0.25, -0.2) is 0 Å². The molecule has 5 nitrogen and oxygen atoms in total. The Morgan fingerprint density at radius 1 is 1.29 bits per heavy atom. The van der Waals surface area contributed by atoms with Crippen LogP contribution in [-0.2, 0) is 6.61 Å². The Hall–Kier alpha value is -2.40. The molecule has 0 saturated carbocycles. The molecule has 0 amide bonds. The number of hydrogen-bond acceptors (Lipinski definition) is 4. The molecule has 0 atom stereocenters. The third-order valence-electron chi connectivity index (χ3n) is 2.84. The minimum atomic E-state index is -0.594. The zero-order valence-corrected chi connectivity index (χ0v) is 12.0. The maximum atomic E-state index is 11.3. The first-order valence-electron chi connectivity index (χ1n) is 6.14. The van der Waals surface area contributed by atoms with Crippen molar-refractivity contribution in [3.8, 4) is 5.75 Å². The predicted molar refractivity (Wildman–Crippen MR) is 78.9 cm³/mol. The topological polar surface area (TPSA) is 69.4 Å². The van der Waals surface area contributed by atoms with E-state index in [2.05, 4.69) is 0 Å². The van der Waals surface area contributed by atoms with Crippen LogP contribution >= 0.6 is 11.6 Å². The Bertz CT molecular complexity index is 700.